The summed E-state index contributed by atoms with van der Waals surface area (Å²) in [6.07, 6.45) is 20.9. The SMILES string of the molecule is CCCCCCCC/C=C\CCCCCCCC(=O)NCCOCCOc1c(-c2ccc(O)c(O)c2)oc2cc(O)cc(O)c2c1=O. The lowest BCUT2D eigenvalue weighted by Gasteiger charge is -2.13. The van der Waals surface area contributed by atoms with Crippen LogP contribution in [0.15, 0.2) is 51.7 Å². The van der Waals surface area contributed by atoms with Gasteiger partial charge in [-0.1, -0.05) is 70.4 Å². The van der Waals surface area contributed by atoms with Gasteiger partial charge in [-0.3, -0.25) is 9.59 Å². The van der Waals surface area contributed by atoms with E-state index in [1.54, 1.807) is 0 Å². The molecule has 10 nitrogen and oxygen atoms in total. The van der Waals surface area contributed by atoms with Crippen LogP contribution in [0.2, 0.25) is 0 Å². The van der Waals surface area contributed by atoms with Crippen molar-refractivity contribution < 1.29 is 39.1 Å². The minimum Gasteiger partial charge on any atom is -0.508 e. The Morgan fingerprint density at radius 1 is 0.787 bits per heavy atom. The Hall–Kier alpha value is -4.18. The molecular formula is C37H51NO9. The summed E-state index contributed by atoms with van der Waals surface area (Å²) < 4.78 is 17.1. The van der Waals surface area contributed by atoms with E-state index in [2.05, 4.69) is 24.4 Å². The first kappa shape index (κ1) is 37.3. The summed E-state index contributed by atoms with van der Waals surface area (Å²) in [5.74, 6) is -1.89. The Bertz CT molecular complexity index is 1480. The van der Waals surface area contributed by atoms with Gasteiger partial charge in [0.1, 0.15) is 29.1 Å². The largest absolute Gasteiger partial charge is 0.508 e. The number of phenolic OH excluding ortho intramolecular Hbond substituents is 4. The van der Waals surface area contributed by atoms with Crippen molar-refractivity contribution in [3.05, 3.63) is 52.7 Å². The van der Waals surface area contributed by atoms with Crippen LogP contribution in [0.5, 0.6) is 28.7 Å². The van der Waals surface area contributed by atoms with Crippen LogP contribution in [0.1, 0.15) is 96.8 Å². The fraction of sp³-hybridized carbons (Fsp3) is 0.514. The standard InChI is InChI=1S/C37H51NO9/c1-2-3-4-5-6-7-8-9-10-11-12-13-14-15-16-17-33(43)38-20-21-45-22-23-46-37-35(44)34-31(42)25-28(39)26-32(34)47-36(37)27-18-19-29(40)30(41)24-27/h9-10,18-19,24-26,39-42H,2-8,11-17,20-23H2,1H3,(H,38,43)/b10-9-. The number of phenols is 4. The third-order valence-electron chi connectivity index (χ3n) is 7.86. The van der Waals surface area contributed by atoms with Crippen LogP contribution in [0.25, 0.3) is 22.3 Å². The number of rotatable bonds is 23. The monoisotopic (exact) mass is 653 g/mol. The van der Waals surface area contributed by atoms with Gasteiger partial charge in [0.05, 0.1) is 13.2 Å². The number of carbonyl (C=O) groups is 1. The first-order chi connectivity index (χ1) is 22.8. The summed E-state index contributed by atoms with van der Waals surface area (Å²) in [7, 11) is 0. The molecule has 2 aromatic carbocycles. The van der Waals surface area contributed by atoms with E-state index >= 15 is 0 Å². The van der Waals surface area contributed by atoms with Gasteiger partial charge in [0.15, 0.2) is 17.3 Å². The van der Waals surface area contributed by atoms with Crippen molar-refractivity contribution in [3.63, 3.8) is 0 Å². The average Bonchev–Trinajstić information content (AvgIpc) is 3.04. The molecule has 0 fully saturated rings. The maximum absolute atomic E-state index is 13.3. The van der Waals surface area contributed by atoms with Crippen molar-refractivity contribution in [2.24, 2.45) is 0 Å². The molecule has 0 spiro atoms. The maximum Gasteiger partial charge on any atom is 0.239 e. The highest BCUT2D eigenvalue weighted by molar-refractivity contribution is 5.88. The number of hydrogen-bond acceptors (Lipinski definition) is 9. The number of fused-ring (bicyclic) bond motifs is 1. The zero-order chi connectivity index (χ0) is 33.9. The van der Waals surface area contributed by atoms with Crippen LogP contribution in [0.4, 0.5) is 0 Å². The van der Waals surface area contributed by atoms with E-state index < -0.39 is 16.9 Å². The number of benzene rings is 2. The number of unbranched alkanes of at least 4 members (excludes halogenated alkanes) is 11. The van der Waals surface area contributed by atoms with Crippen molar-refractivity contribution in [1.82, 2.24) is 5.32 Å². The smallest absolute Gasteiger partial charge is 0.239 e. The highest BCUT2D eigenvalue weighted by Crippen LogP contribution is 2.38. The topological polar surface area (TPSA) is 159 Å². The summed E-state index contributed by atoms with van der Waals surface area (Å²) in [5, 5.41) is 42.4. The van der Waals surface area contributed by atoms with Crippen molar-refractivity contribution in [2.45, 2.75) is 96.8 Å². The summed E-state index contributed by atoms with van der Waals surface area (Å²) in [5.41, 5.74) is -0.544. The van der Waals surface area contributed by atoms with Crippen LogP contribution in [-0.2, 0) is 9.53 Å². The summed E-state index contributed by atoms with van der Waals surface area (Å²) in [6.45, 7) is 2.90. The van der Waals surface area contributed by atoms with Crippen molar-refractivity contribution in [1.29, 1.82) is 0 Å². The molecule has 0 bridgehead atoms. The van der Waals surface area contributed by atoms with E-state index in [1.807, 2.05) is 0 Å². The summed E-state index contributed by atoms with van der Waals surface area (Å²) in [4.78, 5) is 25.4. The van der Waals surface area contributed by atoms with E-state index in [1.165, 1.54) is 82.1 Å². The van der Waals surface area contributed by atoms with E-state index in [0.29, 0.717) is 13.0 Å². The lowest BCUT2D eigenvalue weighted by atomic mass is 10.1. The number of aromatic hydroxyl groups is 4. The van der Waals surface area contributed by atoms with Gasteiger partial charge in [-0.15, -0.1) is 0 Å². The highest BCUT2D eigenvalue weighted by atomic mass is 16.5. The molecule has 0 aliphatic carbocycles. The molecule has 0 saturated carbocycles. The Morgan fingerprint density at radius 2 is 1.47 bits per heavy atom. The van der Waals surface area contributed by atoms with Gasteiger partial charge in [-0.2, -0.15) is 0 Å². The number of hydrogen-bond donors (Lipinski definition) is 5. The number of ether oxygens (including phenoxy) is 2. The first-order valence-corrected chi connectivity index (χ1v) is 17.0. The van der Waals surface area contributed by atoms with Gasteiger partial charge < -0.3 is 39.6 Å². The molecule has 0 unspecified atom stereocenters. The molecule has 0 atom stereocenters. The van der Waals surface area contributed by atoms with Gasteiger partial charge in [0.2, 0.25) is 17.1 Å². The molecule has 3 aromatic rings. The highest BCUT2D eigenvalue weighted by Gasteiger charge is 2.21. The second kappa shape index (κ2) is 20.8. The zero-order valence-corrected chi connectivity index (χ0v) is 27.6. The molecule has 258 valence electrons. The van der Waals surface area contributed by atoms with Crippen LogP contribution >= 0.6 is 0 Å². The van der Waals surface area contributed by atoms with Crippen molar-refractivity contribution in [2.75, 3.05) is 26.4 Å². The summed E-state index contributed by atoms with van der Waals surface area (Å²) >= 11 is 0. The number of carbonyl (C=O) groups excluding carboxylic acids is 1. The molecule has 0 saturated heterocycles. The molecule has 0 aliphatic rings. The van der Waals surface area contributed by atoms with E-state index in [9.17, 15) is 30.0 Å². The normalized spacial score (nSPS) is 11.4. The molecule has 1 aromatic heterocycles. The van der Waals surface area contributed by atoms with Gasteiger partial charge in [0, 0.05) is 30.7 Å². The van der Waals surface area contributed by atoms with Crippen LogP contribution < -0.4 is 15.5 Å². The molecule has 47 heavy (non-hydrogen) atoms. The van der Waals surface area contributed by atoms with E-state index in [0.717, 1.165) is 31.7 Å². The molecule has 0 aliphatic heterocycles. The van der Waals surface area contributed by atoms with Crippen LogP contribution in [0, 0.1) is 0 Å². The minimum atomic E-state index is -0.686. The predicted octanol–water partition coefficient (Wildman–Crippen LogP) is 7.83. The molecule has 10 heteroatoms. The predicted molar refractivity (Wildman–Crippen MR) is 183 cm³/mol. The van der Waals surface area contributed by atoms with Crippen molar-refractivity contribution >= 4 is 16.9 Å². The Kier molecular flexibility index (Phi) is 16.5. The van der Waals surface area contributed by atoms with Gasteiger partial charge in [0.25, 0.3) is 0 Å². The molecule has 1 heterocycles. The third kappa shape index (κ3) is 12.9. The fourth-order valence-electron chi connectivity index (χ4n) is 5.27. The van der Waals surface area contributed by atoms with Gasteiger partial charge in [-0.25, -0.2) is 0 Å². The number of allylic oxidation sites excluding steroid dienone is 2. The van der Waals surface area contributed by atoms with Crippen molar-refractivity contribution in [3.8, 4) is 40.1 Å². The minimum absolute atomic E-state index is 0.0103. The fourth-order valence-corrected chi connectivity index (χ4v) is 5.27. The second-order valence-corrected chi connectivity index (χ2v) is 11.8. The van der Waals surface area contributed by atoms with Crippen LogP contribution in [0.3, 0.4) is 0 Å². The maximum atomic E-state index is 13.3. The lowest BCUT2D eigenvalue weighted by molar-refractivity contribution is -0.121. The number of amides is 1. The average molecular weight is 654 g/mol. The third-order valence-corrected chi connectivity index (χ3v) is 7.86. The molecule has 3 rings (SSSR count). The van der Waals surface area contributed by atoms with Crippen LogP contribution in [-0.4, -0.2) is 52.7 Å². The Balaban J connectivity index is 1.30. The van der Waals surface area contributed by atoms with E-state index in [-0.39, 0.29) is 65.3 Å². The first-order valence-electron chi connectivity index (χ1n) is 17.0. The van der Waals surface area contributed by atoms with E-state index in [4.69, 9.17) is 13.9 Å². The molecule has 0 radical (unpaired) electrons. The Labute approximate surface area is 277 Å². The zero-order valence-electron chi connectivity index (χ0n) is 27.6. The molecular weight excluding hydrogens is 602 g/mol. The van der Waals surface area contributed by atoms with Gasteiger partial charge >= 0.3 is 0 Å². The molecule has 1 amide bonds. The quantitative estimate of drug-likeness (QED) is 0.0390. The Morgan fingerprint density at radius 3 is 2.17 bits per heavy atom. The number of nitrogens with one attached hydrogen (secondary N) is 1. The second-order valence-electron chi connectivity index (χ2n) is 11.8. The lowest BCUT2D eigenvalue weighted by Crippen LogP contribution is -2.27. The van der Waals surface area contributed by atoms with Gasteiger partial charge in [-0.05, 0) is 50.3 Å². The molecule has 5 N–H and O–H groups in total. The summed E-state index contributed by atoms with van der Waals surface area (Å²) in [6, 6.07) is 6.05.